The zero-order valence-corrected chi connectivity index (χ0v) is 19.3. The minimum absolute atomic E-state index is 0.0129. The van der Waals surface area contributed by atoms with Crippen LogP contribution in [0.1, 0.15) is 42.7 Å². The molecule has 7 heteroatoms. The van der Waals surface area contributed by atoms with Crippen molar-refractivity contribution in [3.8, 4) is 11.8 Å². The Morgan fingerprint density at radius 2 is 1.70 bits per heavy atom. The summed E-state index contributed by atoms with van der Waals surface area (Å²) >= 11 is 0. The molecule has 3 atom stereocenters. The fraction of sp³-hybridized carbons (Fsp3) is 0.462. The predicted molar refractivity (Wildman–Crippen MR) is 125 cm³/mol. The van der Waals surface area contributed by atoms with Crippen LogP contribution in [0.3, 0.4) is 0 Å². The fourth-order valence-electron chi connectivity index (χ4n) is 5.08. The number of aliphatic hydroxyl groups excluding tert-OH is 1. The van der Waals surface area contributed by atoms with E-state index in [0.29, 0.717) is 19.0 Å². The third kappa shape index (κ3) is 4.58. The topological polar surface area (TPSA) is 60.9 Å². The van der Waals surface area contributed by atoms with Gasteiger partial charge >= 0.3 is 0 Å². The Hall–Kier alpha value is -2.24. The molecule has 174 valence electrons. The molecule has 5 nitrogen and oxygen atoms in total. The van der Waals surface area contributed by atoms with E-state index in [1.807, 2.05) is 12.1 Å². The Morgan fingerprint density at radius 1 is 1.00 bits per heavy atom. The number of hydrogen-bond donors (Lipinski definition) is 1. The SMILES string of the molecule is O=S(=O)(c1ccc(F)cc1)N1CCCCN2[C@H](CO)[C@H](c3ccc(C#CC4CC4)cc3)[C@H]2C1. The average molecular weight is 469 g/mol. The molecule has 1 N–H and O–H groups in total. The molecule has 2 aromatic carbocycles. The van der Waals surface area contributed by atoms with Crippen molar-refractivity contribution >= 4 is 10.0 Å². The van der Waals surface area contributed by atoms with Crippen LogP contribution in [0.15, 0.2) is 53.4 Å². The summed E-state index contributed by atoms with van der Waals surface area (Å²) < 4.78 is 41.5. The quantitative estimate of drug-likeness (QED) is 0.700. The molecule has 0 unspecified atom stereocenters. The minimum Gasteiger partial charge on any atom is -0.395 e. The highest BCUT2D eigenvalue weighted by atomic mass is 32.2. The summed E-state index contributed by atoms with van der Waals surface area (Å²) in [5.41, 5.74) is 2.09. The molecule has 0 radical (unpaired) electrons. The van der Waals surface area contributed by atoms with Crippen LogP contribution in [0.2, 0.25) is 0 Å². The first-order valence-corrected chi connectivity index (χ1v) is 13.2. The molecule has 3 fully saturated rings. The van der Waals surface area contributed by atoms with Crippen molar-refractivity contribution in [3.05, 3.63) is 65.5 Å². The molecule has 2 aromatic rings. The molecule has 5 rings (SSSR count). The third-order valence-electron chi connectivity index (χ3n) is 7.08. The average Bonchev–Trinajstić information content (AvgIpc) is 3.62. The summed E-state index contributed by atoms with van der Waals surface area (Å²) in [7, 11) is -3.73. The standard InChI is InChI=1S/C26H29FN2O3S/c27-22-11-13-23(14-12-22)33(31,32)28-15-1-2-16-29-24(17-28)26(25(29)18-30)21-9-7-20(8-10-21)6-5-19-3-4-19/h7-14,19,24-26,30H,1-4,15-18H2/t24-,25-,26-/m1/s1. The van der Waals surface area contributed by atoms with E-state index in [4.69, 9.17) is 0 Å². The predicted octanol–water partition coefficient (Wildman–Crippen LogP) is 3.20. The maximum absolute atomic E-state index is 13.4. The Bertz CT molecular complexity index is 1150. The summed E-state index contributed by atoms with van der Waals surface area (Å²) in [6.45, 7) is 1.68. The lowest BCUT2D eigenvalue weighted by molar-refractivity contribution is -0.0553. The van der Waals surface area contributed by atoms with Crippen LogP contribution in [-0.4, -0.2) is 61.1 Å². The lowest BCUT2D eigenvalue weighted by atomic mass is 9.74. The van der Waals surface area contributed by atoms with E-state index in [-0.39, 0.29) is 29.5 Å². The van der Waals surface area contributed by atoms with Gasteiger partial charge in [0.05, 0.1) is 11.5 Å². The summed E-state index contributed by atoms with van der Waals surface area (Å²) in [5, 5.41) is 10.1. The van der Waals surface area contributed by atoms with Gasteiger partial charge in [-0.1, -0.05) is 24.0 Å². The largest absolute Gasteiger partial charge is 0.395 e. The van der Waals surface area contributed by atoms with E-state index < -0.39 is 15.8 Å². The van der Waals surface area contributed by atoms with Crippen LogP contribution in [0.4, 0.5) is 4.39 Å². The van der Waals surface area contributed by atoms with Crippen LogP contribution in [0.25, 0.3) is 0 Å². The zero-order valence-electron chi connectivity index (χ0n) is 18.5. The van der Waals surface area contributed by atoms with Gasteiger partial charge < -0.3 is 5.11 Å². The molecular weight excluding hydrogens is 439 g/mol. The Balaban J connectivity index is 1.39. The van der Waals surface area contributed by atoms with Crippen molar-refractivity contribution in [1.82, 2.24) is 9.21 Å². The number of benzene rings is 2. The molecule has 2 aliphatic heterocycles. The number of aliphatic hydroxyl groups is 1. The van der Waals surface area contributed by atoms with Gasteiger partial charge in [0, 0.05) is 42.6 Å². The van der Waals surface area contributed by atoms with Gasteiger partial charge in [-0.15, -0.1) is 0 Å². The van der Waals surface area contributed by atoms with E-state index in [9.17, 15) is 17.9 Å². The molecule has 1 saturated carbocycles. The van der Waals surface area contributed by atoms with Crippen molar-refractivity contribution in [2.75, 3.05) is 26.2 Å². The second kappa shape index (κ2) is 9.19. The Labute approximate surface area is 195 Å². The van der Waals surface area contributed by atoms with Crippen LogP contribution < -0.4 is 0 Å². The van der Waals surface area contributed by atoms with E-state index >= 15 is 0 Å². The van der Waals surface area contributed by atoms with Crippen LogP contribution in [0, 0.1) is 23.6 Å². The van der Waals surface area contributed by atoms with Crippen molar-refractivity contribution < 1.29 is 17.9 Å². The van der Waals surface area contributed by atoms with Gasteiger partial charge in [0.1, 0.15) is 5.82 Å². The minimum atomic E-state index is -3.73. The first kappa shape index (κ1) is 22.5. The summed E-state index contributed by atoms with van der Waals surface area (Å²) in [4.78, 5) is 2.36. The smallest absolute Gasteiger partial charge is 0.243 e. The number of sulfonamides is 1. The molecule has 3 aliphatic rings. The molecule has 0 spiro atoms. The maximum Gasteiger partial charge on any atom is 0.243 e. The van der Waals surface area contributed by atoms with Crippen molar-refractivity contribution in [2.24, 2.45) is 5.92 Å². The molecule has 0 bridgehead atoms. The summed E-state index contributed by atoms with van der Waals surface area (Å²) in [6, 6.07) is 13.2. The monoisotopic (exact) mass is 468 g/mol. The number of rotatable bonds is 4. The molecule has 33 heavy (non-hydrogen) atoms. The van der Waals surface area contributed by atoms with Crippen LogP contribution in [-0.2, 0) is 10.0 Å². The number of halogens is 1. The second-order valence-corrected chi connectivity index (χ2v) is 11.2. The first-order chi connectivity index (χ1) is 16.0. The van der Waals surface area contributed by atoms with Gasteiger partial charge in [0.25, 0.3) is 0 Å². The van der Waals surface area contributed by atoms with E-state index in [0.717, 1.165) is 30.5 Å². The lowest BCUT2D eigenvalue weighted by Crippen LogP contribution is -2.67. The van der Waals surface area contributed by atoms with E-state index in [1.165, 1.54) is 41.4 Å². The Kier molecular flexibility index (Phi) is 6.28. The van der Waals surface area contributed by atoms with Gasteiger partial charge in [-0.3, -0.25) is 4.90 Å². The van der Waals surface area contributed by atoms with Gasteiger partial charge in [0.2, 0.25) is 10.0 Å². The number of fused-ring (bicyclic) bond motifs is 1. The highest BCUT2D eigenvalue weighted by Gasteiger charge is 2.50. The van der Waals surface area contributed by atoms with Crippen LogP contribution in [0.5, 0.6) is 0 Å². The van der Waals surface area contributed by atoms with E-state index in [1.54, 1.807) is 0 Å². The zero-order chi connectivity index (χ0) is 23.0. The molecule has 0 amide bonds. The molecular formula is C26H29FN2O3S. The van der Waals surface area contributed by atoms with Gasteiger partial charge in [-0.2, -0.15) is 4.31 Å². The highest BCUT2D eigenvalue weighted by molar-refractivity contribution is 7.89. The molecule has 0 aromatic heterocycles. The van der Waals surface area contributed by atoms with Crippen LogP contribution >= 0.6 is 0 Å². The van der Waals surface area contributed by atoms with E-state index in [2.05, 4.69) is 28.9 Å². The van der Waals surface area contributed by atoms with Gasteiger partial charge in [0.15, 0.2) is 0 Å². The van der Waals surface area contributed by atoms with Crippen molar-refractivity contribution in [2.45, 2.75) is 48.6 Å². The normalized spacial score (nSPS) is 26.3. The first-order valence-electron chi connectivity index (χ1n) is 11.7. The third-order valence-corrected chi connectivity index (χ3v) is 8.96. The summed E-state index contributed by atoms with van der Waals surface area (Å²) in [5.74, 6) is 6.65. The highest BCUT2D eigenvalue weighted by Crippen LogP contribution is 2.42. The Morgan fingerprint density at radius 3 is 2.36 bits per heavy atom. The number of hydrogen-bond acceptors (Lipinski definition) is 4. The van der Waals surface area contributed by atoms with Crippen molar-refractivity contribution in [3.63, 3.8) is 0 Å². The molecule has 1 aliphatic carbocycles. The number of nitrogens with zero attached hydrogens (tertiary/aromatic N) is 2. The van der Waals surface area contributed by atoms with Crippen molar-refractivity contribution in [1.29, 1.82) is 0 Å². The van der Waals surface area contributed by atoms with Gasteiger partial charge in [-0.25, -0.2) is 12.8 Å². The second-order valence-electron chi connectivity index (χ2n) is 9.27. The van der Waals surface area contributed by atoms with Gasteiger partial charge in [-0.05, 0) is 74.2 Å². The lowest BCUT2D eigenvalue weighted by Gasteiger charge is -2.57. The summed E-state index contributed by atoms with van der Waals surface area (Å²) in [6.07, 6.45) is 4.01. The maximum atomic E-state index is 13.4. The molecule has 2 saturated heterocycles. The fourth-order valence-corrected chi connectivity index (χ4v) is 6.58. The molecule has 2 heterocycles.